The van der Waals surface area contributed by atoms with Gasteiger partial charge in [0.15, 0.2) is 0 Å². The molecule has 0 nitrogen and oxygen atoms in total. The third-order valence-corrected chi connectivity index (χ3v) is 4.44. The predicted octanol–water partition coefficient (Wildman–Crippen LogP) is 4.89. The molecule has 0 atom stereocenters. The highest BCUT2D eigenvalue weighted by Gasteiger charge is 2.03. The van der Waals surface area contributed by atoms with Crippen molar-refractivity contribution in [1.29, 1.82) is 0 Å². The zero-order valence-electron chi connectivity index (χ0n) is 5.88. The van der Waals surface area contributed by atoms with Crippen LogP contribution in [0.5, 0.6) is 0 Å². The first kappa shape index (κ1) is 8.75. The van der Waals surface area contributed by atoms with Crippen LogP contribution >= 0.6 is 50.2 Å². The first-order valence-electron chi connectivity index (χ1n) is 3.27. The molecular weight excluding hydrogens is 276 g/mol. The van der Waals surface area contributed by atoms with Crippen LogP contribution in [-0.2, 0) is 0 Å². The van der Waals surface area contributed by atoms with E-state index in [0.717, 1.165) is 8.12 Å². The van der Waals surface area contributed by atoms with Gasteiger partial charge >= 0.3 is 0 Å². The Bertz CT molecular complexity index is 353. The van der Waals surface area contributed by atoms with Crippen molar-refractivity contribution in [1.82, 2.24) is 0 Å². The fourth-order valence-corrected chi connectivity index (χ4v) is 3.41. The Morgan fingerprint density at radius 1 is 1.00 bits per heavy atom. The molecular formula is C8H4BrClS2. The molecule has 62 valence electrons. The third-order valence-electron chi connectivity index (χ3n) is 1.39. The second-order valence-electron chi connectivity index (χ2n) is 2.21. The largest absolute Gasteiger partial charge is 0.127 e. The topological polar surface area (TPSA) is 0 Å². The summed E-state index contributed by atoms with van der Waals surface area (Å²) >= 11 is 12.6. The molecule has 2 aromatic rings. The van der Waals surface area contributed by atoms with Crippen molar-refractivity contribution in [2.75, 3.05) is 0 Å². The molecule has 2 heterocycles. The van der Waals surface area contributed by atoms with Crippen molar-refractivity contribution in [2.24, 2.45) is 0 Å². The Labute approximate surface area is 91.9 Å². The van der Waals surface area contributed by atoms with Crippen LogP contribution < -0.4 is 0 Å². The molecule has 0 N–H and O–H groups in total. The van der Waals surface area contributed by atoms with Crippen LogP contribution in [-0.4, -0.2) is 0 Å². The van der Waals surface area contributed by atoms with Crippen molar-refractivity contribution in [3.63, 3.8) is 0 Å². The summed E-state index contributed by atoms with van der Waals surface area (Å²) in [6.07, 6.45) is 0. The van der Waals surface area contributed by atoms with Crippen LogP contribution in [0.4, 0.5) is 0 Å². The molecule has 4 heteroatoms. The molecule has 0 aliphatic carbocycles. The number of thiophene rings is 2. The van der Waals surface area contributed by atoms with Gasteiger partial charge in [-0.15, -0.1) is 22.7 Å². The van der Waals surface area contributed by atoms with Gasteiger partial charge in [0.05, 0.1) is 8.12 Å². The van der Waals surface area contributed by atoms with Gasteiger partial charge in [-0.3, -0.25) is 0 Å². The van der Waals surface area contributed by atoms with Gasteiger partial charge in [0.25, 0.3) is 0 Å². The van der Waals surface area contributed by atoms with E-state index < -0.39 is 0 Å². The molecule has 2 rings (SSSR count). The summed E-state index contributed by atoms with van der Waals surface area (Å²) < 4.78 is 2.00. The summed E-state index contributed by atoms with van der Waals surface area (Å²) in [5.41, 5.74) is 0. The molecule has 2 aromatic heterocycles. The van der Waals surface area contributed by atoms with Crippen molar-refractivity contribution >= 4 is 50.2 Å². The minimum atomic E-state index is 0.842. The SMILES string of the molecule is Clc1ccc(-c2ccc(Br)s2)s1. The molecule has 0 radical (unpaired) electrons. The van der Waals surface area contributed by atoms with Crippen LogP contribution in [0.25, 0.3) is 9.75 Å². The van der Waals surface area contributed by atoms with E-state index >= 15 is 0 Å². The zero-order chi connectivity index (χ0) is 8.55. The lowest BCUT2D eigenvalue weighted by atomic mass is 10.4. The number of rotatable bonds is 1. The fourth-order valence-electron chi connectivity index (χ4n) is 0.893. The van der Waals surface area contributed by atoms with Gasteiger partial charge in [-0.05, 0) is 40.2 Å². The van der Waals surface area contributed by atoms with Crippen LogP contribution in [0.3, 0.4) is 0 Å². The molecule has 0 spiro atoms. The number of hydrogen-bond acceptors (Lipinski definition) is 2. The molecule has 0 bridgehead atoms. The van der Waals surface area contributed by atoms with Gasteiger partial charge in [-0.1, -0.05) is 11.6 Å². The molecule has 0 saturated heterocycles. The van der Waals surface area contributed by atoms with Gasteiger partial charge in [-0.2, -0.15) is 0 Å². The van der Waals surface area contributed by atoms with E-state index in [2.05, 4.69) is 22.0 Å². The maximum absolute atomic E-state index is 5.83. The molecule has 0 aliphatic rings. The summed E-state index contributed by atoms with van der Waals surface area (Å²) in [5, 5.41) is 0. The van der Waals surface area contributed by atoms with Crippen LogP contribution in [0, 0.1) is 0 Å². The van der Waals surface area contributed by atoms with E-state index in [4.69, 9.17) is 11.6 Å². The Balaban J connectivity index is 2.43. The first-order chi connectivity index (χ1) is 5.75. The molecule has 12 heavy (non-hydrogen) atoms. The Morgan fingerprint density at radius 2 is 1.67 bits per heavy atom. The van der Waals surface area contributed by atoms with Gasteiger partial charge in [0.1, 0.15) is 0 Å². The van der Waals surface area contributed by atoms with Crippen LogP contribution in [0.2, 0.25) is 4.34 Å². The third kappa shape index (κ3) is 1.74. The lowest BCUT2D eigenvalue weighted by Crippen LogP contribution is -1.55. The summed E-state index contributed by atoms with van der Waals surface area (Å²) in [5.74, 6) is 0. The average molecular weight is 280 g/mol. The Hall–Kier alpha value is 0.170. The van der Waals surface area contributed by atoms with E-state index in [-0.39, 0.29) is 0 Å². The summed E-state index contributed by atoms with van der Waals surface area (Å²) in [6, 6.07) is 8.12. The molecule has 0 saturated carbocycles. The average Bonchev–Trinajstić information content (AvgIpc) is 2.58. The van der Waals surface area contributed by atoms with Gasteiger partial charge in [-0.25, -0.2) is 0 Å². The van der Waals surface area contributed by atoms with E-state index in [1.54, 1.807) is 22.7 Å². The van der Waals surface area contributed by atoms with Gasteiger partial charge in [0, 0.05) is 9.75 Å². The lowest BCUT2D eigenvalue weighted by Gasteiger charge is -1.86. The monoisotopic (exact) mass is 278 g/mol. The normalized spacial score (nSPS) is 10.5. The number of hydrogen-bond donors (Lipinski definition) is 0. The van der Waals surface area contributed by atoms with E-state index in [9.17, 15) is 0 Å². The van der Waals surface area contributed by atoms with Crippen molar-refractivity contribution in [3.05, 3.63) is 32.4 Å². The Morgan fingerprint density at radius 3 is 2.17 bits per heavy atom. The highest BCUT2D eigenvalue weighted by molar-refractivity contribution is 9.11. The van der Waals surface area contributed by atoms with Crippen molar-refractivity contribution < 1.29 is 0 Å². The van der Waals surface area contributed by atoms with Gasteiger partial charge < -0.3 is 0 Å². The summed E-state index contributed by atoms with van der Waals surface area (Å²) in [4.78, 5) is 2.49. The Kier molecular flexibility index (Phi) is 2.55. The van der Waals surface area contributed by atoms with E-state index in [0.29, 0.717) is 0 Å². The molecule has 0 fully saturated rings. The predicted molar refractivity (Wildman–Crippen MR) is 60.3 cm³/mol. The molecule has 0 amide bonds. The van der Waals surface area contributed by atoms with Crippen LogP contribution in [0.15, 0.2) is 28.1 Å². The fraction of sp³-hybridized carbons (Fsp3) is 0. The maximum atomic E-state index is 5.83. The summed E-state index contributed by atoms with van der Waals surface area (Å²) in [7, 11) is 0. The van der Waals surface area contributed by atoms with E-state index in [1.807, 2.05) is 18.2 Å². The molecule has 0 aromatic carbocycles. The maximum Gasteiger partial charge on any atom is 0.0935 e. The first-order valence-corrected chi connectivity index (χ1v) is 6.07. The smallest absolute Gasteiger partial charge is 0.0935 e. The summed E-state index contributed by atoms with van der Waals surface area (Å²) in [6.45, 7) is 0. The minimum Gasteiger partial charge on any atom is -0.127 e. The number of halogens is 2. The molecule has 0 aliphatic heterocycles. The second kappa shape index (κ2) is 3.50. The van der Waals surface area contributed by atoms with E-state index in [1.165, 1.54) is 9.75 Å². The van der Waals surface area contributed by atoms with Crippen molar-refractivity contribution in [3.8, 4) is 9.75 Å². The lowest BCUT2D eigenvalue weighted by molar-refractivity contribution is 1.92. The quantitative estimate of drug-likeness (QED) is 0.697. The minimum absolute atomic E-state index is 0.842. The van der Waals surface area contributed by atoms with Crippen LogP contribution in [0.1, 0.15) is 0 Å². The molecule has 0 unspecified atom stereocenters. The highest BCUT2D eigenvalue weighted by Crippen LogP contribution is 2.36. The second-order valence-corrected chi connectivity index (χ2v) is 6.39. The van der Waals surface area contributed by atoms with Gasteiger partial charge in [0.2, 0.25) is 0 Å². The highest BCUT2D eigenvalue weighted by atomic mass is 79.9. The van der Waals surface area contributed by atoms with Crippen molar-refractivity contribution in [2.45, 2.75) is 0 Å². The standard InChI is InChI=1S/C8H4BrClS2/c9-7-3-1-5(11-7)6-2-4-8(10)12-6/h1-4H. The zero-order valence-corrected chi connectivity index (χ0v) is 9.86.